The van der Waals surface area contributed by atoms with Gasteiger partial charge in [-0.05, 0) is 56.6 Å². The third kappa shape index (κ3) is 2.49. The van der Waals surface area contributed by atoms with Gasteiger partial charge in [0.15, 0.2) is 0 Å². The van der Waals surface area contributed by atoms with Crippen molar-refractivity contribution in [3.8, 4) is 0 Å². The normalized spacial score (nSPS) is 20.7. The second kappa shape index (κ2) is 5.24. The van der Waals surface area contributed by atoms with E-state index in [1.165, 1.54) is 25.7 Å². The van der Waals surface area contributed by atoms with Crippen LogP contribution >= 0.6 is 11.6 Å². The largest absolute Gasteiger partial charge is 0.332 e. The molecule has 0 saturated heterocycles. The molecule has 2 N–H and O–H groups in total. The lowest BCUT2D eigenvalue weighted by Gasteiger charge is -2.51. The predicted molar refractivity (Wildman–Crippen MR) is 80.1 cm³/mol. The summed E-state index contributed by atoms with van der Waals surface area (Å²) in [6.45, 7) is 1.91. The standard InChI is InChI=1S/C15H20ClN3O/c1-10-8-13(16)17-9-12(10)18-14(20)19-15(6-3-7-15)11-4-2-5-11/h8-9,11H,2-7H2,1H3,(H2,18,19,20). The fourth-order valence-electron chi connectivity index (χ4n) is 3.19. The van der Waals surface area contributed by atoms with Crippen LogP contribution in [0.25, 0.3) is 0 Å². The fraction of sp³-hybridized carbons (Fsp3) is 0.600. The first kappa shape index (κ1) is 13.7. The summed E-state index contributed by atoms with van der Waals surface area (Å²) in [7, 11) is 0. The van der Waals surface area contributed by atoms with Gasteiger partial charge in [-0.3, -0.25) is 0 Å². The van der Waals surface area contributed by atoms with Gasteiger partial charge in [0.05, 0.1) is 11.9 Å². The number of anilines is 1. The van der Waals surface area contributed by atoms with Crippen molar-refractivity contribution < 1.29 is 4.79 Å². The van der Waals surface area contributed by atoms with E-state index in [2.05, 4.69) is 15.6 Å². The summed E-state index contributed by atoms with van der Waals surface area (Å²) in [5.74, 6) is 0.673. The molecule has 0 aromatic carbocycles. The molecule has 20 heavy (non-hydrogen) atoms. The van der Waals surface area contributed by atoms with E-state index in [-0.39, 0.29) is 11.6 Å². The number of nitrogens with one attached hydrogen (secondary N) is 2. The Labute approximate surface area is 124 Å². The molecule has 2 fully saturated rings. The Bertz CT molecular complexity index is 524. The highest BCUT2D eigenvalue weighted by atomic mass is 35.5. The van der Waals surface area contributed by atoms with Gasteiger partial charge in [-0.2, -0.15) is 0 Å². The minimum Gasteiger partial charge on any atom is -0.332 e. The number of aryl methyl sites for hydroxylation is 1. The van der Waals surface area contributed by atoms with Crippen LogP contribution in [0, 0.1) is 12.8 Å². The van der Waals surface area contributed by atoms with Crippen LogP contribution in [0.2, 0.25) is 5.15 Å². The van der Waals surface area contributed by atoms with E-state index >= 15 is 0 Å². The molecule has 1 aromatic heterocycles. The molecule has 0 bridgehead atoms. The monoisotopic (exact) mass is 293 g/mol. The maximum absolute atomic E-state index is 12.2. The lowest BCUT2D eigenvalue weighted by atomic mass is 9.61. The third-order valence-corrected chi connectivity index (χ3v) is 5.03. The summed E-state index contributed by atoms with van der Waals surface area (Å²) in [6, 6.07) is 1.63. The SMILES string of the molecule is Cc1cc(Cl)ncc1NC(=O)NC1(C2CCC2)CCC1. The topological polar surface area (TPSA) is 54.0 Å². The summed E-state index contributed by atoms with van der Waals surface area (Å²) in [6.07, 6.45) is 8.86. The van der Waals surface area contributed by atoms with Crippen molar-refractivity contribution in [2.75, 3.05) is 5.32 Å². The first-order chi connectivity index (χ1) is 9.59. The third-order valence-electron chi connectivity index (χ3n) is 4.82. The lowest BCUT2D eigenvalue weighted by molar-refractivity contribution is 0.0625. The molecule has 2 saturated carbocycles. The zero-order chi connectivity index (χ0) is 14.2. The maximum Gasteiger partial charge on any atom is 0.319 e. The van der Waals surface area contributed by atoms with E-state index in [9.17, 15) is 4.79 Å². The van der Waals surface area contributed by atoms with E-state index in [0.29, 0.717) is 11.1 Å². The molecule has 0 spiro atoms. The van der Waals surface area contributed by atoms with Crippen molar-refractivity contribution in [3.63, 3.8) is 0 Å². The van der Waals surface area contributed by atoms with E-state index in [0.717, 1.165) is 24.1 Å². The number of carbonyl (C=O) groups is 1. The molecule has 3 rings (SSSR count). The van der Waals surface area contributed by atoms with Gasteiger partial charge in [-0.25, -0.2) is 9.78 Å². The van der Waals surface area contributed by atoms with Gasteiger partial charge >= 0.3 is 6.03 Å². The smallest absolute Gasteiger partial charge is 0.319 e. The number of aromatic nitrogens is 1. The molecular weight excluding hydrogens is 274 g/mol. The Balaban J connectivity index is 1.64. The molecule has 1 aromatic rings. The summed E-state index contributed by atoms with van der Waals surface area (Å²) in [5, 5.41) is 6.55. The second-order valence-corrected chi connectivity index (χ2v) is 6.43. The average Bonchev–Trinajstić information content (AvgIpc) is 2.27. The number of nitrogens with zero attached hydrogens (tertiary/aromatic N) is 1. The summed E-state index contributed by atoms with van der Waals surface area (Å²) >= 11 is 5.82. The van der Waals surface area contributed by atoms with Gasteiger partial charge in [0, 0.05) is 5.54 Å². The van der Waals surface area contributed by atoms with Crippen LogP contribution in [-0.2, 0) is 0 Å². The molecule has 5 heteroatoms. The van der Waals surface area contributed by atoms with Crippen LogP contribution in [0.1, 0.15) is 44.1 Å². The minimum atomic E-state index is -0.121. The van der Waals surface area contributed by atoms with Crippen LogP contribution in [0.3, 0.4) is 0 Å². The Morgan fingerprint density at radius 1 is 1.40 bits per heavy atom. The van der Waals surface area contributed by atoms with E-state index in [4.69, 9.17) is 11.6 Å². The van der Waals surface area contributed by atoms with Gasteiger partial charge in [-0.15, -0.1) is 0 Å². The van der Waals surface area contributed by atoms with Crippen molar-refractivity contribution in [1.29, 1.82) is 0 Å². The van der Waals surface area contributed by atoms with Gasteiger partial charge in [0.1, 0.15) is 5.15 Å². The van der Waals surface area contributed by atoms with E-state index in [1.54, 1.807) is 12.3 Å². The Morgan fingerprint density at radius 2 is 2.15 bits per heavy atom. The number of amides is 2. The Morgan fingerprint density at radius 3 is 2.65 bits per heavy atom. The molecule has 2 aliphatic carbocycles. The molecule has 2 amide bonds. The summed E-state index contributed by atoms with van der Waals surface area (Å²) in [4.78, 5) is 16.2. The number of carbonyl (C=O) groups excluding carboxylic acids is 1. The highest BCUT2D eigenvalue weighted by Crippen LogP contribution is 2.47. The average molecular weight is 294 g/mol. The van der Waals surface area contributed by atoms with Crippen molar-refractivity contribution in [2.45, 2.75) is 51.0 Å². The molecule has 0 atom stereocenters. The molecular formula is C15H20ClN3O. The van der Waals surface area contributed by atoms with Crippen LogP contribution < -0.4 is 10.6 Å². The highest BCUT2D eigenvalue weighted by Gasteiger charge is 2.47. The molecule has 0 unspecified atom stereocenters. The highest BCUT2D eigenvalue weighted by molar-refractivity contribution is 6.29. The van der Waals surface area contributed by atoms with Crippen molar-refractivity contribution in [3.05, 3.63) is 23.0 Å². The number of hydrogen-bond acceptors (Lipinski definition) is 2. The number of halogens is 1. The quantitative estimate of drug-likeness (QED) is 0.831. The zero-order valence-electron chi connectivity index (χ0n) is 11.7. The lowest BCUT2D eigenvalue weighted by Crippen LogP contribution is -2.60. The van der Waals surface area contributed by atoms with E-state index in [1.807, 2.05) is 6.92 Å². The molecule has 4 nitrogen and oxygen atoms in total. The molecule has 0 aliphatic heterocycles. The van der Waals surface area contributed by atoms with Crippen molar-refractivity contribution in [1.82, 2.24) is 10.3 Å². The van der Waals surface area contributed by atoms with Crippen LogP contribution in [0.4, 0.5) is 10.5 Å². The first-order valence-electron chi connectivity index (χ1n) is 7.30. The molecule has 0 radical (unpaired) electrons. The molecule has 2 aliphatic rings. The van der Waals surface area contributed by atoms with Gasteiger partial charge in [0.25, 0.3) is 0 Å². The van der Waals surface area contributed by atoms with Crippen LogP contribution in [-0.4, -0.2) is 16.6 Å². The first-order valence-corrected chi connectivity index (χ1v) is 7.68. The minimum absolute atomic E-state index is 0.0517. The fourth-order valence-corrected chi connectivity index (χ4v) is 3.40. The zero-order valence-corrected chi connectivity index (χ0v) is 12.5. The Hall–Kier alpha value is -1.29. The summed E-state index contributed by atoms with van der Waals surface area (Å²) in [5.41, 5.74) is 1.69. The summed E-state index contributed by atoms with van der Waals surface area (Å²) < 4.78 is 0. The number of pyridine rings is 1. The molecule has 1 heterocycles. The van der Waals surface area contributed by atoms with Gasteiger partial charge in [-0.1, -0.05) is 18.0 Å². The van der Waals surface area contributed by atoms with Crippen LogP contribution in [0.5, 0.6) is 0 Å². The second-order valence-electron chi connectivity index (χ2n) is 6.04. The molecule has 108 valence electrons. The number of rotatable bonds is 3. The van der Waals surface area contributed by atoms with E-state index < -0.39 is 0 Å². The number of hydrogen-bond donors (Lipinski definition) is 2. The van der Waals surface area contributed by atoms with Crippen LogP contribution in [0.15, 0.2) is 12.3 Å². The maximum atomic E-state index is 12.2. The van der Waals surface area contributed by atoms with Crippen molar-refractivity contribution >= 4 is 23.3 Å². The van der Waals surface area contributed by atoms with Gasteiger partial charge in [0.2, 0.25) is 0 Å². The number of urea groups is 1. The Kier molecular flexibility index (Phi) is 3.59. The van der Waals surface area contributed by atoms with Gasteiger partial charge < -0.3 is 10.6 Å². The van der Waals surface area contributed by atoms with Crippen molar-refractivity contribution in [2.24, 2.45) is 5.92 Å². The predicted octanol–water partition coefficient (Wildman–Crippen LogP) is 3.89.